The smallest absolute Gasteiger partial charge is 0.0590 e. The topological polar surface area (TPSA) is 9.86 Å². The van der Waals surface area contributed by atoms with Gasteiger partial charge in [0.15, 0.2) is 0 Å². The monoisotopic (exact) mass is 748 g/mol. The maximum Gasteiger partial charge on any atom is 0.0590 e. The lowest BCUT2D eigenvalue weighted by atomic mass is 9.65. The number of thiophene rings is 1. The predicted octanol–water partition coefficient (Wildman–Crippen LogP) is 14.8. The van der Waals surface area contributed by atoms with Crippen molar-refractivity contribution in [3.8, 4) is 16.8 Å². The molecule has 0 fully saturated rings. The molecule has 4 heterocycles. The molecule has 1 atom stereocenters. The van der Waals surface area contributed by atoms with E-state index in [1.807, 2.05) is 11.3 Å². The summed E-state index contributed by atoms with van der Waals surface area (Å²) in [6.45, 7) is 9.74. The highest BCUT2D eigenvalue weighted by atomic mass is 32.1. The molecule has 7 aromatic carbocycles. The third-order valence-corrected chi connectivity index (χ3v) is 15.4. The number of nitrogens with zero attached hydrogens (tertiary/aromatic N) is 2. The zero-order valence-electron chi connectivity index (χ0n) is 32.5. The Labute approximate surface area is 335 Å². The Balaban J connectivity index is 0.952. The normalized spacial score (nSPS) is 17.7. The minimum atomic E-state index is -0.0677. The number of hydrogen-bond acceptors (Lipinski definition) is 1. The summed E-state index contributed by atoms with van der Waals surface area (Å²) in [4.78, 5) is 0. The number of para-hydroxylation sites is 2. The number of hydrogen-bond donors (Lipinski definition) is 0. The first-order valence-corrected chi connectivity index (χ1v) is 21.2. The molecular weight excluding hydrogens is 709 g/mol. The van der Waals surface area contributed by atoms with Gasteiger partial charge in [-0.25, -0.2) is 0 Å². The minimum Gasteiger partial charge on any atom is -0.312 e. The second-order valence-electron chi connectivity index (χ2n) is 17.7. The lowest BCUT2D eigenvalue weighted by Crippen LogP contribution is -2.36. The SMILES string of the molecule is CC1(C)c2ccccc2-c2cc3c4ccccc4n(-c4ccc(C5=CC=C6C(C5)C(C)(C)c5cc7c8ccccc8sc7c7c8ccccc8n6c57)cc4)c3cc21. The van der Waals surface area contributed by atoms with Crippen LogP contribution in [0.25, 0.3) is 91.9 Å². The molecule has 2 nitrogen and oxygen atoms in total. The van der Waals surface area contributed by atoms with E-state index in [1.54, 1.807) is 0 Å². The lowest BCUT2D eigenvalue weighted by Gasteiger charge is -2.43. The van der Waals surface area contributed by atoms with E-state index in [1.165, 1.54) is 114 Å². The second kappa shape index (κ2) is 10.8. The Morgan fingerprint density at radius 2 is 1.25 bits per heavy atom. The third-order valence-electron chi connectivity index (χ3n) is 14.2. The lowest BCUT2D eigenvalue weighted by molar-refractivity contribution is 0.383. The molecule has 3 heteroatoms. The van der Waals surface area contributed by atoms with E-state index in [0.29, 0.717) is 5.92 Å². The quantitative estimate of drug-likeness (QED) is 0.167. The van der Waals surface area contributed by atoms with Crippen LogP contribution in [-0.4, -0.2) is 9.13 Å². The molecule has 2 aliphatic carbocycles. The van der Waals surface area contributed by atoms with Gasteiger partial charge in [-0.1, -0.05) is 125 Å². The fourth-order valence-corrected chi connectivity index (χ4v) is 12.6. The number of rotatable bonds is 2. The molecule has 0 saturated carbocycles. The van der Waals surface area contributed by atoms with Crippen molar-refractivity contribution in [3.63, 3.8) is 0 Å². The van der Waals surface area contributed by atoms with Crippen LogP contribution in [0.3, 0.4) is 0 Å². The zero-order chi connectivity index (χ0) is 37.9. The second-order valence-corrected chi connectivity index (χ2v) is 18.8. The predicted molar refractivity (Wildman–Crippen MR) is 244 cm³/mol. The summed E-state index contributed by atoms with van der Waals surface area (Å²) >= 11 is 1.95. The molecule has 10 aromatic rings. The summed E-state index contributed by atoms with van der Waals surface area (Å²) in [5, 5.41) is 8.15. The van der Waals surface area contributed by atoms with E-state index in [-0.39, 0.29) is 10.8 Å². The minimum absolute atomic E-state index is 0.0549. The summed E-state index contributed by atoms with van der Waals surface area (Å²) in [5.41, 5.74) is 17.5. The van der Waals surface area contributed by atoms with Crippen LogP contribution >= 0.6 is 11.3 Å². The van der Waals surface area contributed by atoms with Crippen molar-refractivity contribution in [3.05, 3.63) is 174 Å². The van der Waals surface area contributed by atoms with Gasteiger partial charge < -0.3 is 9.13 Å². The maximum absolute atomic E-state index is 2.62. The summed E-state index contributed by atoms with van der Waals surface area (Å²) in [5.74, 6) is 0.331. The molecule has 3 aromatic heterocycles. The highest BCUT2D eigenvalue weighted by molar-refractivity contribution is 7.26. The summed E-state index contributed by atoms with van der Waals surface area (Å²) in [6.07, 6.45) is 5.84. The van der Waals surface area contributed by atoms with Crippen LogP contribution in [-0.2, 0) is 10.8 Å². The molecule has 1 unspecified atom stereocenters. The van der Waals surface area contributed by atoms with Gasteiger partial charge in [-0.05, 0) is 100.0 Å². The molecular formula is C54H40N2S. The van der Waals surface area contributed by atoms with Crippen LogP contribution in [0.15, 0.2) is 152 Å². The average Bonchev–Trinajstić information content (AvgIpc) is 3.95. The molecule has 0 bridgehead atoms. The van der Waals surface area contributed by atoms with Gasteiger partial charge in [-0.2, -0.15) is 0 Å². The van der Waals surface area contributed by atoms with Crippen LogP contribution in [0.2, 0.25) is 0 Å². The highest BCUT2D eigenvalue weighted by Crippen LogP contribution is 2.57. The fraction of sp³-hybridized carbons (Fsp3) is 0.148. The van der Waals surface area contributed by atoms with Crippen molar-refractivity contribution in [2.24, 2.45) is 5.92 Å². The molecule has 0 spiro atoms. The zero-order valence-corrected chi connectivity index (χ0v) is 33.3. The first-order chi connectivity index (χ1) is 27.8. The van der Waals surface area contributed by atoms with Crippen molar-refractivity contribution in [2.45, 2.75) is 44.9 Å². The van der Waals surface area contributed by atoms with Crippen molar-refractivity contribution < 1.29 is 0 Å². The van der Waals surface area contributed by atoms with E-state index in [2.05, 4.69) is 189 Å². The van der Waals surface area contributed by atoms with Gasteiger partial charge in [0.1, 0.15) is 0 Å². The van der Waals surface area contributed by atoms with Gasteiger partial charge in [0.05, 0.1) is 22.1 Å². The third kappa shape index (κ3) is 4.00. The molecule has 0 N–H and O–H groups in total. The van der Waals surface area contributed by atoms with Gasteiger partial charge in [0, 0.05) is 69.8 Å². The van der Waals surface area contributed by atoms with Crippen molar-refractivity contribution >= 4 is 86.4 Å². The largest absolute Gasteiger partial charge is 0.312 e. The van der Waals surface area contributed by atoms with Gasteiger partial charge >= 0.3 is 0 Å². The molecule has 272 valence electrons. The van der Waals surface area contributed by atoms with Crippen LogP contribution in [0.1, 0.15) is 56.4 Å². The molecule has 57 heavy (non-hydrogen) atoms. The molecule has 0 saturated heterocycles. The Hall–Kier alpha value is -6.16. The number of benzene rings is 7. The summed E-state index contributed by atoms with van der Waals surface area (Å²) in [7, 11) is 0. The van der Waals surface area contributed by atoms with E-state index < -0.39 is 0 Å². The first-order valence-electron chi connectivity index (χ1n) is 20.4. The van der Waals surface area contributed by atoms with Crippen molar-refractivity contribution in [1.29, 1.82) is 0 Å². The van der Waals surface area contributed by atoms with Crippen LogP contribution < -0.4 is 0 Å². The summed E-state index contributed by atoms with van der Waals surface area (Å²) in [6, 6.07) is 52.8. The number of fused-ring (bicyclic) bond motifs is 15. The standard InChI is InChI=1S/C54H40N2S/c1-53(2)41-17-9-5-13-34(41)38-28-39-35-14-6-10-18-45(35)55(48(39)30-42(38)53)33-24-21-31(22-25-33)32-23-26-47-43(27-32)54(3,4)44-29-40-36-15-8-12-20-49(36)57-52(40)50-37-16-7-11-19-46(37)56(47)51(44)50/h5-26,28-30,43H,27H2,1-4H3. The Morgan fingerprint density at radius 1 is 0.544 bits per heavy atom. The van der Waals surface area contributed by atoms with Gasteiger partial charge in [-0.3, -0.25) is 0 Å². The van der Waals surface area contributed by atoms with Gasteiger partial charge in [0.2, 0.25) is 0 Å². The van der Waals surface area contributed by atoms with E-state index in [0.717, 1.165) is 6.42 Å². The maximum atomic E-state index is 2.62. The average molecular weight is 749 g/mol. The van der Waals surface area contributed by atoms with E-state index in [9.17, 15) is 0 Å². The molecule has 3 aliphatic rings. The fourth-order valence-electron chi connectivity index (χ4n) is 11.3. The number of aromatic nitrogens is 2. The van der Waals surface area contributed by atoms with E-state index >= 15 is 0 Å². The Bertz CT molecular complexity index is 3480. The van der Waals surface area contributed by atoms with Crippen LogP contribution in [0.5, 0.6) is 0 Å². The first kappa shape index (κ1) is 32.0. The van der Waals surface area contributed by atoms with E-state index in [4.69, 9.17) is 0 Å². The Kier molecular flexibility index (Phi) is 6.07. The van der Waals surface area contributed by atoms with Crippen LogP contribution in [0, 0.1) is 5.92 Å². The summed E-state index contributed by atoms with van der Waals surface area (Å²) < 4.78 is 7.88. The van der Waals surface area contributed by atoms with Gasteiger partial charge in [-0.15, -0.1) is 11.3 Å². The van der Waals surface area contributed by atoms with Gasteiger partial charge in [0.25, 0.3) is 0 Å². The molecule has 0 radical (unpaired) electrons. The number of allylic oxidation sites excluding steroid dienone is 4. The van der Waals surface area contributed by atoms with Crippen molar-refractivity contribution in [2.75, 3.05) is 0 Å². The van der Waals surface area contributed by atoms with Crippen molar-refractivity contribution in [1.82, 2.24) is 9.13 Å². The molecule has 13 rings (SSSR count). The molecule has 1 aliphatic heterocycles. The molecule has 0 amide bonds. The highest BCUT2D eigenvalue weighted by Gasteiger charge is 2.44. The van der Waals surface area contributed by atoms with Crippen LogP contribution in [0.4, 0.5) is 0 Å². The Morgan fingerprint density at radius 3 is 2.07 bits per heavy atom.